The first-order chi connectivity index (χ1) is 8.81. The Morgan fingerprint density at radius 2 is 2.17 bits per heavy atom. The van der Waals surface area contributed by atoms with Gasteiger partial charge in [-0.2, -0.15) is 5.10 Å². The van der Waals surface area contributed by atoms with Crippen molar-refractivity contribution in [1.29, 1.82) is 0 Å². The molecule has 1 saturated carbocycles. The lowest BCUT2D eigenvalue weighted by atomic mass is 10.1. The molecule has 1 aliphatic rings. The van der Waals surface area contributed by atoms with Gasteiger partial charge in [0.1, 0.15) is 0 Å². The van der Waals surface area contributed by atoms with E-state index in [4.69, 9.17) is 5.73 Å². The molecule has 0 radical (unpaired) electrons. The van der Waals surface area contributed by atoms with E-state index < -0.39 is 0 Å². The monoisotopic (exact) mass is 250 g/mol. The maximum atomic E-state index is 5.65. The second kappa shape index (κ2) is 6.90. The van der Waals surface area contributed by atoms with Gasteiger partial charge in [0.25, 0.3) is 0 Å². The van der Waals surface area contributed by atoms with Crippen molar-refractivity contribution in [3.8, 4) is 0 Å². The van der Waals surface area contributed by atoms with Crippen LogP contribution in [-0.4, -0.2) is 40.4 Å². The zero-order chi connectivity index (χ0) is 12.8. The van der Waals surface area contributed by atoms with Gasteiger partial charge in [0.05, 0.1) is 0 Å². The predicted molar refractivity (Wildman–Crippen MR) is 74.4 cm³/mol. The lowest BCUT2D eigenvalue weighted by Crippen LogP contribution is -2.36. The minimum Gasteiger partial charge on any atom is -0.330 e. The molecular weight excluding hydrogens is 224 g/mol. The van der Waals surface area contributed by atoms with Crippen LogP contribution in [0, 0.1) is 0 Å². The Labute approximate surface area is 110 Å². The molecule has 1 aromatic heterocycles. The van der Waals surface area contributed by atoms with Crippen LogP contribution in [-0.2, 0) is 13.5 Å². The van der Waals surface area contributed by atoms with Gasteiger partial charge in [-0.1, -0.05) is 12.8 Å². The lowest BCUT2D eigenvalue weighted by Gasteiger charge is -2.28. The first-order valence-corrected chi connectivity index (χ1v) is 7.22. The molecular formula is C14H26N4. The quantitative estimate of drug-likeness (QED) is 0.799. The van der Waals surface area contributed by atoms with Crippen LogP contribution in [0.2, 0.25) is 0 Å². The van der Waals surface area contributed by atoms with Crippen molar-refractivity contribution < 1.29 is 0 Å². The molecule has 4 heteroatoms. The van der Waals surface area contributed by atoms with Gasteiger partial charge in [-0.15, -0.1) is 0 Å². The lowest BCUT2D eigenvalue weighted by molar-refractivity contribution is 0.198. The summed E-state index contributed by atoms with van der Waals surface area (Å²) < 4.78 is 1.98. The predicted octanol–water partition coefficient (Wildman–Crippen LogP) is 1.56. The van der Waals surface area contributed by atoms with Crippen LogP contribution < -0.4 is 5.73 Å². The van der Waals surface area contributed by atoms with E-state index in [0.717, 1.165) is 38.5 Å². The third-order valence-corrected chi connectivity index (χ3v) is 4.07. The van der Waals surface area contributed by atoms with Gasteiger partial charge in [0, 0.05) is 37.9 Å². The Kier molecular flexibility index (Phi) is 5.20. The smallest absolute Gasteiger partial charge is 0.0492 e. The molecule has 18 heavy (non-hydrogen) atoms. The Morgan fingerprint density at radius 3 is 2.78 bits per heavy atom. The van der Waals surface area contributed by atoms with Crippen LogP contribution in [0.5, 0.6) is 0 Å². The summed E-state index contributed by atoms with van der Waals surface area (Å²) in [6.45, 7) is 3.10. The number of nitrogens with zero attached hydrogens (tertiary/aromatic N) is 3. The normalized spacial score (nSPS) is 16.8. The van der Waals surface area contributed by atoms with E-state index in [9.17, 15) is 0 Å². The number of aromatic nitrogens is 2. The molecule has 0 amide bonds. The van der Waals surface area contributed by atoms with Gasteiger partial charge < -0.3 is 5.73 Å². The zero-order valence-corrected chi connectivity index (χ0v) is 11.5. The van der Waals surface area contributed by atoms with E-state index in [1.807, 2.05) is 17.9 Å². The highest BCUT2D eigenvalue weighted by Gasteiger charge is 2.21. The molecule has 0 spiro atoms. The van der Waals surface area contributed by atoms with Crippen molar-refractivity contribution in [2.75, 3.05) is 19.6 Å². The summed E-state index contributed by atoms with van der Waals surface area (Å²) in [5.74, 6) is 0. The van der Waals surface area contributed by atoms with E-state index in [0.29, 0.717) is 0 Å². The van der Waals surface area contributed by atoms with Crippen LogP contribution in [0.15, 0.2) is 12.3 Å². The Balaban J connectivity index is 1.86. The van der Waals surface area contributed by atoms with Crippen molar-refractivity contribution in [2.24, 2.45) is 12.8 Å². The molecule has 4 nitrogen and oxygen atoms in total. The fraction of sp³-hybridized carbons (Fsp3) is 0.786. The minimum atomic E-state index is 0.796. The van der Waals surface area contributed by atoms with E-state index in [1.54, 1.807) is 0 Å². The number of hydrogen-bond donors (Lipinski definition) is 1. The standard InChI is InChI=1S/C14H26N4/c1-17-13(7-10-16-17)8-12-18(11-4-9-15)14-5-2-3-6-14/h7,10,14H,2-6,8-9,11-12,15H2,1H3. The maximum absolute atomic E-state index is 5.65. The molecule has 2 rings (SSSR count). The second-order valence-corrected chi connectivity index (χ2v) is 5.31. The first-order valence-electron chi connectivity index (χ1n) is 7.22. The van der Waals surface area contributed by atoms with Crippen LogP contribution >= 0.6 is 0 Å². The Morgan fingerprint density at radius 1 is 1.39 bits per heavy atom. The summed E-state index contributed by atoms with van der Waals surface area (Å²) in [7, 11) is 2.02. The topological polar surface area (TPSA) is 47.1 Å². The molecule has 1 aromatic rings. The summed E-state index contributed by atoms with van der Waals surface area (Å²) in [5, 5.41) is 4.23. The summed E-state index contributed by atoms with van der Waals surface area (Å²) in [4.78, 5) is 2.65. The fourth-order valence-electron chi connectivity index (χ4n) is 2.95. The van der Waals surface area contributed by atoms with Gasteiger partial charge in [-0.25, -0.2) is 0 Å². The van der Waals surface area contributed by atoms with Gasteiger partial charge in [0.2, 0.25) is 0 Å². The van der Waals surface area contributed by atoms with Gasteiger partial charge in [0.15, 0.2) is 0 Å². The molecule has 1 fully saturated rings. The van der Waals surface area contributed by atoms with Gasteiger partial charge in [-0.05, 0) is 38.4 Å². The molecule has 0 atom stereocenters. The molecule has 0 saturated heterocycles. The van der Waals surface area contributed by atoms with Crippen molar-refractivity contribution in [1.82, 2.24) is 14.7 Å². The largest absolute Gasteiger partial charge is 0.330 e. The number of rotatable bonds is 7. The minimum absolute atomic E-state index is 0.796. The third kappa shape index (κ3) is 3.56. The van der Waals surface area contributed by atoms with E-state index in [-0.39, 0.29) is 0 Å². The van der Waals surface area contributed by atoms with Crippen molar-refractivity contribution in [3.05, 3.63) is 18.0 Å². The third-order valence-electron chi connectivity index (χ3n) is 4.07. The average molecular weight is 250 g/mol. The Bertz CT molecular complexity index is 341. The van der Waals surface area contributed by atoms with E-state index in [2.05, 4.69) is 16.1 Å². The maximum Gasteiger partial charge on any atom is 0.0492 e. The van der Waals surface area contributed by atoms with Crippen LogP contribution in [0.1, 0.15) is 37.8 Å². The number of nitrogens with two attached hydrogens (primary N) is 1. The molecule has 0 unspecified atom stereocenters. The summed E-state index contributed by atoms with van der Waals surface area (Å²) in [6, 6.07) is 2.92. The van der Waals surface area contributed by atoms with E-state index >= 15 is 0 Å². The van der Waals surface area contributed by atoms with Crippen LogP contribution in [0.25, 0.3) is 0 Å². The highest BCUT2D eigenvalue weighted by atomic mass is 15.3. The first kappa shape index (κ1) is 13.6. The average Bonchev–Trinajstić information content (AvgIpc) is 3.01. The number of hydrogen-bond acceptors (Lipinski definition) is 3. The molecule has 0 aliphatic heterocycles. The second-order valence-electron chi connectivity index (χ2n) is 5.31. The van der Waals surface area contributed by atoms with E-state index in [1.165, 1.54) is 31.4 Å². The molecule has 0 aromatic carbocycles. The fourth-order valence-corrected chi connectivity index (χ4v) is 2.95. The van der Waals surface area contributed by atoms with Gasteiger partial charge in [-0.3, -0.25) is 9.58 Å². The molecule has 2 N–H and O–H groups in total. The zero-order valence-electron chi connectivity index (χ0n) is 11.5. The van der Waals surface area contributed by atoms with Crippen molar-refractivity contribution >= 4 is 0 Å². The SMILES string of the molecule is Cn1nccc1CCN(CCCN)C1CCCC1. The summed E-state index contributed by atoms with van der Waals surface area (Å²) in [6.07, 6.45) is 9.63. The van der Waals surface area contributed by atoms with Crippen LogP contribution in [0.4, 0.5) is 0 Å². The molecule has 1 aliphatic carbocycles. The van der Waals surface area contributed by atoms with Crippen molar-refractivity contribution in [3.63, 3.8) is 0 Å². The molecule has 1 heterocycles. The highest BCUT2D eigenvalue weighted by molar-refractivity contribution is 5.00. The van der Waals surface area contributed by atoms with Gasteiger partial charge >= 0.3 is 0 Å². The number of aryl methyl sites for hydroxylation is 1. The summed E-state index contributed by atoms with van der Waals surface area (Å²) in [5.41, 5.74) is 6.97. The Hall–Kier alpha value is -0.870. The summed E-state index contributed by atoms with van der Waals surface area (Å²) >= 11 is 0. The van der Waals surface area contributed by atoms with Crippen molar-refractivity contribution in [2.45, 2.75) is 44.6 Å². The molecule has 102 valence electrons. The highest BCUT2D eigenvalue weighted by Crippen LogP contribution is 2.23. The van der Waals surface area contributed by atoms with Crippen LogP contribution in [0.3, 0.4) is 0 Å². The molecule has 0 bridgehead atoms.